The number of nitrogens with zero attached hydrogens (tertiary/aromatic N) is 2. The number of aliphatic hydroxyl groups excluding tert-OH is 1. The van der Waals surface area contributed by atoms with E-state index in [0.717, 1.165) is 33.8 Å². The van der Waals surface area contributed by atoms with Gasteiger partial charge in [0.1, 0.15) is 12.4 Å². The predicted molar refractivity (Wildman–Crippen MR) is 66.1 cm³/mol. The molecular weight excluding hydrogens is 268 g/mol. The second-order valence-electron chi connectivity index (χ2n) is 4.37. The topological polar surface area (TPSA) is 38.1 Å². The molecule has 1 aromatic carbocycles. The Balaban J connectivity index is 2.15. The normalized spacial score (nSPS) is 15.9. The minimum absolute atomic E-state index is 0.0129. The number of rotatable bonds is 3. The van der Waals surface area contributed by atoms with Crippen molar-refractivity contribution in [3.8, 4) is 0 Å². The molecular formula is C12H13BrN2O. The molecule has 2 aromatic rings. The minimum Gasteiger partial charge on any atom is -0.388 e. The van der Waals surface area contributed by atoms with E-state index in [2.05, 4.69) is 31.5 Å². The summed E-state index contributed by atoms with van der Waals surface area (Å²) in [6.07, 6.45) is 2.61. The summed E-state index contributed by atoms with van der Waals surface area (Å²) in [6, 6.07) is 6.05. The maximum absolute atomic E-state index is 9.33. The van der Waals surface area contributed by atoms with Crippen LogP contribution in [0.5, 0.6) is 0 Å². The Labute approximate surface area is 102 Å². The summed E-state index contributed by atoms with van der Waals surface area (Å²) in [4.78, 5) is 4.45. The van der Waals surface area contributed by atoms with Crippen LogP contribution in [0, 0.1) is 5.92 Å². The van der Waals surface area contributed by atoms with E-state index in [1.54, 1.807) is 0 Å². The Morgan fingerprint density at radius 1 is 1.44 bits per heavy atom. The molecule has 0 saturated heterocycles. The Morgan fingerprint density at radius 3 is 2.94 bits per heavy atom. The van der Waals surface area contributed by atoms with Crippen molar-refractivity contribution in [2.75, 3.05) is 0 Å². The van der Waals surface area contributed by atoms with Gasteiger partial charge in [-0.2, -0.15) is 0 Å². The first kappa shape index (κ1) is 10.3. The molecule has 1 aromatic heterocycles. The predicted octanol–water partition coefficient (Wildman–Crippen LogP) is 2.70. The maximum Gasteiger partial charge on any atom is 0.135 e. The monoisotopic (exact) mass is 280 g/mol. The Morgan fingerprint density at radius 2 is 2.25 bits per heavy atom. The average Bonchev–Trinajstić information content (AvgIpc) is 3.02. The van der Waals surface area contributed by atoms with E-state index in [4.69, 9.17) is 0 Å². The van der Waals surface area contributed by atoms with Gasteiger partial charge in [0.25, 0.3) is 0 Å². The van der Waals surface area contributed by atoms with E-state index in [0.29, 0.717) is 0 Å². The number of halogens is 1. The molecule has 0 unspecified atom stereocenters. The molecule has 0 spiro atoms. The molecule has 1 aliphatic rings. The highest BCUT2D eigenvalue weighted by Crippen LogP contribution is 2.33. The fourth-order valence-electron chi connectivity index (χ4n) is 2.03. The van der Waals surface area contributed by atoms with Crippen molar-refractivity contribution in [1.29, 1.82) is 0 Å². The van der Waals surface area contributed by atoms with Crippen LogP contribution in [0.2, 0.25) is 0 Å². The number of imidazole rings is 1. The largest absolute Gasteiger partial charge is 0.388 e. The van der Waals surface area contributed by atoms with Crippen LogP contribution in [-0.4, -0.2) is 14.7 Å². The number of fused-ring (bicyclic) bond motifs is 1. The van der Waals surface area contributed by atoms with Crippen molar-refractivity contribution in [3.63, 3.8) is 0 Å². The van der Waals surface area contributed by atoms with Gasteiger partial charge in [0.05, 0.1) is 11.0 Å². The highest BCUT2D eigenvalue weighted by atomic mass is 79.9. The lowest BCUT2D eigenvalue weighted by Gasteiger charge is -2.06. The zero-order valence-corrected chi connectivity index (χ0v) is 10.4. The third kappa shape index (κ3) is 1.76. The highest BCUT2D eigenvalue weighted by Gasteiger charge is 2.24. The first-order chi connectivity index (χ1) is 7.78. The van der Waals surface area contributed by atoms with Crippen molar-refractivity contribution in [2.24, 2.45) is 5.92 Å². The fourth-order valence-corrected chi connectivity index (χ4v) is 2.38. The molecule has 3 rings (SSSR count). The summed E-state index contributed by atoms with van der Waals surface area (Å²) in [7, 11) is 0. The van der Waals surface area contributed by atoms with Crippen molar-refractivity contribution in [3.05, 3.63) is 28.5 Å². The van der Waals surface area contributed by atoms with E-state index in [-0.39, 0.29) is 6.61 Å². The number of aromatic nitrogens is 2. The Kier molecular flexibility index (Phi) is 2.48. The van der Waals surface area contributed by atoms with Crippen molar-refractivity contribution < 1.29 is 5.11 Å². The van der Waals surface area contributed by atoms with Gasteiger partial charge in [-0.3, -0.25) is 0 Å². The zero-order valence-electron chi connectivity index (χ0n) is 8.86. The highest BCUT2D eigenvalue weighted by molar-refractivity contribution is 9.10. The number of hydrogen-bond donors (Lipinski definition) is 1. The van der Waals surface area contributed by atoms with Crippen molar-refractivity contribution >= 4 is 27.0 Å². The quantitative estimate of drug-likeness (QED) is 0.939. The van der Waals surface area contributed by atoms with Gasteiger partial charge in [0.15, 0.2) is 0 Å². The van der Waals surface area contributed by atoms with Gasteiger partial charge in [0.2, 0.25) is 0 Å². The van der Waals surface area contributed by atoms with Crippen LogP contribution in [-0.2, 0) is 13.2 Å². The average molecular weight is 281 g/mol. The first-order valence-corrected chi connectivity index (χ1v) is 6.33. The molecule has 1 N–H and O–H groups in total. The van der Waals surface area contributed by atoms with Gasteiger partial charge in [-0.15, -0.1) is 0 Å². The van der Waals surface area contributed by atoms with E-state index in [1.165, 1.54) is 12.8 Å². The molecule has 3 nitrogen and oxygen atoms in total. The second-order valence-corrected chi connectivity index (χ2v) is 5.29. The molecule has 84 valence electrons. The van der Waals surface area contributed by atoms with Crippen molar-refractivity contribution in [1.82, 2.24) is 9.55 Å². The SMILES string of the molecule is OCc1nc2ccc(Br)cc2n1CC1CC1. The van der Waals surface area contributed by atoms with Crippen LogP contribution in [0.25, 0.3) is 11.0 Å². The first-order valence-electron chi connectivity index (χ1n) is 5.53. The smallest absolute Gasteiger partial charge is 0.135 e. The van der Waals surface area contributed by atoms with Gasteiger partial charge in [-0.25, -0.2) is 4.98 Å². The van der Waals surface area contributed by atoms with E-state index in [1.807, 2.05) is 12.1 Å². The van der Waals surface area contributed by atoms with Gasteiger partial charge in [0, 0.05) is 11.0 Å². The summed E-state index contributed by atoms with van der Waals surface area (Å²) in [5.41, 5.74) is 2.08. The van der Waals surface area contributed by atoms with Crippen LogP contribution < -0.4 is 0 Å². The second kappa shape index (κ2) is 3.86. The van der Waals surface area contributed by atoms with Gasteiger partial charge in [-0.1, -0.05) is 15.9 Å². The van der Waals surface area contributed by atoms with Gasteiger partial charge in [-0.05, 0) is 37.0 Å². The maximum atomic E-state index is 9.33. The number of hydrogen-bond acceptors (Lipinski definition) is 2. The minimum atomic E-state index is 0.0129. The molecule has 0 aliphatic heterocycles. The van der Waals surface area contributed by atoms with Gasteiger partial charge >= 0.3 is 0 Å². The molecule has 0 atom stereocenters. The van der Waals surface area contributed by atoms with Crippen molar-refractivity contribution in [2.45, 2.75) is 26.0 Å². The Bertz CT molecular complexity index is 531. The molecule has 0 amide bonds. The molecule has 1 heterocycles. The summed E-state index contributed by atoms with van der Waals surface area (Å²) in [5.74, 6) is 1.56. The summed E-state index contributed by atoms with van der Waals surface area (Å²) in [6.45, 7) is 1.00. The molecule has 0 radical (unpaired) electrons. The van der Waals surface area contributed by atoms with E-state index < -0.39 is 0 Å². The van der Waals surface area contributed by atoms with Crippen LogP contribution in [0.1, 0.15) is 18.7 Å². The molecule has 1 saturated carbocycles. The summed E-state index contributed by atoms with van der Waals surface area (Å²) < 4.78 is 3.21. The van der Waals surface area contributed by atoms with E-state index >= 15 is 0 Å². The standard InChI is InChI=1S/C12H13BrN2O/c13-9-3-4-10-11(5-9)15(6-8-1-2-8)12(7-16)14-10/h3-5,8,16H,1-2,6-7H2. The van der Waals surface area contributed by atoms with Crippen LogP contribution in [0.4, 0.5) is 0 Å². The molecule has 16 heavy (non-hydrogen) atoms. The molecule has 1 aliphatic carbocycles. The molecule has 0 bridgehead atoms. The lowest BCUT2D eigenvalue weighted by Crippen LogP contribution is -2.05. The van der Waals surface area contributed by atoms with Crippen LogP contribution >= 0.6 is 15.9 Å². The summed E-state index contributed by atoms with van der Waals surface area (Å²) in [5, 5.41) is 9.33. The van der Waals surface area contributed by atoms with Crippen LogP contribution in [0.15, 0.2) is 22.7 Å². The third-order valence-electron chi connectivity index (χ3n) is 3.07. The lowest BCUT2D eigenvalue weighted by molar-refractivity contribution is 0.265. The van der Waals surface area contributed by atoms with Gasteiger partial charge < -0.3 is 9.67 Å². The lowest BCUT2D eigenvalue weighted by atomic mass is 10.3. The summed E-state index contributed by atoms with van der Waals surface area (Å²) >= 11 is 3.48. The zero-order chi connectivity index (χ0) is 11.1. The number of aliphatic hydroxyl groups is 1. The number of benzene rings is 1. The third-order valence-corrected chi connectivity index (χ3v) is 3.56. The van der Waals surface area contributed by atoms with Crippen LogP contribution in [0.3, 0.4) is 0 Å². The van der Waals surface area contributed by atoms with E-state index in [9.17, 15) is 5.11 Å². The Hall–Kier alpha value is -0.870. The molecule has 1 fully saturated rings. The fraction of sp³-hybridized carbons (Fsp3) is 0.417. The molecule has 4 heteroatoms.